The van der Waals surface area contributed by atoms with Gasteiger partial charge in [0.15, 0.2) is 0 Å². The second-order valence-electron chi connectivity index (χ2n) is 16.7. The van der Waals surface area contributed by atoms with E-state index >= 15 is 0 Å². The number of benzene rings is 5. The van der Waals surface area contributed by atoms with E-state index in [4.69, 9.17) is 26.6 Å². The van der Waals surface area contributed by atoms with E-state index in [-0.39, 0.29) is 19.6 Å². The van der Waals surface area contributed by atoms with Gasteiger partial charge in [0.1, 0.15) is 5.69 Å². The van der Waals surface area contributed by atoms with E-state index < -0.39 is 0 Å². The first-order chi connectivity index (χ1) is 35.0. The molecule has 0 amide bonds. The summed E-state index contributed by atoms with van der Waals surface area (Å²) in [5, 5.41) is 20.2. The molecule has 0 radical (unpaired) electrons. The predicted octanol–water partition coefficient (Wildman–Crippen LogP) is 15.0. The molecule has 9 aromatic rings. The SMILES string of the molecule is [N-]=[N+]=NCc1ccc(-c2c3nc(c(-c4ccc(CN=[N+]=[N-])cc4)c4ccc([nH]4)c(-c4ccc(-n5cc(-c6ccccc6)nn5)cc4)c4nc(c(-c5ccc(CN=[N+]=[N-])cc5)c5ccc2[nH]5)C=C4)C=C3)cc1. The Morgan fingerprint density at radius 1 is 0.408 bits per heavy atom. The number of aromatic nitrogens is 7. The lowest BCUT2D eigenvalue weighted by Crippen LogP contribution is -1.95. The van der Waals surface area contributed by atoms with Crippen LogP contribution in [-0.2, 0) is 19.6 Å². The van der Waals surface area contributed by atoms with Crippen molar-refractivity contribution in [2.45, 2.75) is 19.6 Å². The molecule has 2 aliphatic rings. The molecule has 6 heterocycles. The summed E-state index contributed by atoms with van der Waals surface area (Å²) in [4.78, 5) is 27.3. The molecule has 0 aliphatic carbocycles. The summed E-state index contributed by atoms with van der Waals surface area (Å²) in [6, 6.07) is 50.4. The Hall–Kier alpha value is -10.2. The number of hydrogen-bond acceptors (Lipinski definition) is 7. The highest BCUT2D eigenvalue weighted by atomic mass is 15.4. The molecule has 0 spiro atoms. The Morgan fingerprint density at radius 2 is 0.761 bits per heavy atom. The summed E-state index contributed by atoms with van der Waals surface area (Å²) in [5.41, 5.74) is 45.7. The number of rotatable bonds is 12. The second-order valence-corrected chi connectivity index (χ2v) is 16.7. The van der Waals surface area contributed by atoms with Gasteiger partial charge in [-0.15, -0.1) is 5.10 Å². The number of aromatic amines is 2. The Morgan fingerprint density at radius 3 is 1.11 bits per heavy atom. The average molecular weight is 923 g/mol. The van der Waals surface area contributed by atoms with Gasteiger partial charge in [-0.05, 0) is 116 Å². The van der Waals surface area contributed by atoms with Crippen molar-refractivity contribution < 1.29 is 0 Å². The zero-order valence-corrected chi connectivity index (χ0v) is 37.7. The van der Waals surface area contributed by atoms with Crippen molar-refractivity contribution in [2.75, 3.05) is 0 Å². The maximum Gasteiger partial charge on any atom is 0.113 e. The maximum atomic E-state index is 9.03. The van der Waals surface area contributed by atoms with Crippen molar-refractivity contribution in [1.82, 2.24) is 34.9 Å². The van der Waals surface area contributed by atoms with E-state index in [1.807, 2.05) is 146 Å². The number of nitrogens with one attached hydrogen (secondary N) is 2. The molecule has 0 saturated heterocycles. The molecule has 71 heavy (non-hydrogen) atoms. The lowest BCUT2D eigenvalue weighted by molar-refractivity contribution is 0.804. The van der Waals surface area contributed by atoms with Crippen LogP contribution in [0.3, 0.4) is 0 Å². The normalized spacial score (nSPS) is 11.4. The predicted molar refractivity (Wildman–Crippen MR) is 280 cm³/mol. The first-order valence-corrected chi connectivity index (χ1v) is 22.6. The number of hydrogen-bond donors (Lipinski definition) is 2. The van der Waals surface area contributed by atoms with Gasteiger partial charge >= 0.3 is 0 Å². The van der Waals surface area contributed by atoms with Crippen LogP contribution in [0, 0.1) is 0 Å². The summed E-state index contributed by atoms with van der Waals surface area (Å²) in [5.74, 6) is 0. The van der Waals surface area contributed by atoms with Crippen molar-refractivity contribution in [3.05, 3.63) is 229 Å². The first kappa shape index (κ1) is 43.3. The molecule has 2 N–H and O–H groups in total. The van der Waals surface area contributed by atoms with E-state index in [1.165, 1.54) is 0 Å². The quantitative estimate of drug-likeness (QED) is 0.0691. The van der Waals surface area contributed by atoms with Gasteiger partial charge in [0.25, 0.3) is 0 Å². The Bertz CT molecular complexity index is 3820. The van der Waals surface area contributed by atoms with Gasteiger partial charge < -0.3 is 9.97 Å². The van der Waals surface area contributed by atoms with Gasteiger partial charge in [0.05, 0.1) is 54.3 Å². The highest BCUT2D eigenvalue weighted by Gasteiger charge is 2.20. The summed E-state index contributed by atoms with van der Waals surface area (Å²) >= 11 is 0. The summed E-state index contributed by atoms with van der Waals surface area (Å²) in [6.45, 7) is 0.691. The summed E-state index contributed by atoms with van der Waals surface area (Å²) in [7, 11) is 0. The van der Waals surface area contributed by atoms with Crippen molar-refractivity contribution in [2.24, 2.45) is 15.3 Å². The number of fused-ring (bicyclic) bond motifs is 8. The summed E-state index contributed by atoms with van der Waals surface area (Å²) in [6.07, 6.45) is 10.1. The molecule has 16 nitrogen and oxygen atoms in total. The molecule has 11 rings (SSSR count). The lowest BCUT2D eigenvalue weighted by atomic mass is 10.0. The van der Waals surface area contributed by atoms with Crippen molar-refractivity contribution in [3.8, 4) is 61.5 Å². The van der Waals surface area contributed by atoms with E-state index in [9.17, 15) is 0 Å². The molecular weight excluding hydrogens is 885 g/mol. The fourth-order valence-corrected chi connectivity index (χ4v) is 9.00. The molecule has 5 aromatic carbocycles. The molecule has 0 unspecified atom stereocenters. The monoisotopic (exact) mass is 922 g/mol. The first-order valence-electron chi connectivity index (χ1n) is 22.6. The second kappa shape index (κ2) is 19.2. The molecule has 0 atom stereocenters. The van der Waals surface area contributed by atoms with Crippen molar-refractivity contribution in [3.63, 3.8) is 0 Å². The van der Waals surface area contributed by atoms with Crippen LogP contribution in [0.15, 0.2) is 173 Å². The van der Waals surface area contributed by atoms with Crippen molar-refractivity contribution >= 4 is 46.4 Å². The Labute approximate surface area is 404 Å². The topological polar surface area (TPSA) is 234 Å². The van der Waals surface area contributed by atoms with Gasteiger partial charge in [-0.2, -0.15) is 0 Å². The zero-order chi connectivity index (χ0) is 48.1. The standard InChI is InChI=1S/C55H38N16/c56-67-59-30-34-6-12-38(13-7-34)52-43-22-24-45(62-43)53(39-14-8-35(9-15-39)31-60-68-57)47-26-28-49(64-47)55(41-18-20-42(21-19-41)71-33-51(66-70-71)37-4-2-1-3-5-37)50-29-27-48(65-50)54(46-25-23-44(52)63-46)40-16-10-36(11-17-40)32-61-69-58/h1-29,33,62,65H,30-32H2. The van der Waals surface area contributed by atoms with E-state index in [1.54, 1.807) is 4.68 Å². The number of H-pyrrole nitrogens is 2. The third kappa shape index (κ3) is 8.78. The van der Waals surface area contributed by atoms with Gasteiger partial charge in [0.2, 0.25) is 0 Å². The van der Waals surface area contributed by atoms with E-state index in [0.717, 1.165) is 123 Å². The van der Waals surface area contributed by atoms with Crippen LogP contribution in [0.1, 0.15) is 39.5 Å². The minimum absolute atomic E-state index is 0.230. The van der Waals surface area contributed by atoms with Gasteiger partial charge in [0, 0.05) is 64.6 Å². The largest absolute Gasteiger partial charge is 0.354 e. The third-order valence-corrected chi connectivity index (χ3v) is 12.4. The molecule has 16 heteroatoms. The third-order valence-electron chi connectivity index (χ3n) is 12.4. The molecule has 338 valence electrons. The number of azide groups is 3. The van der Waals surface area contributed by atoms with Gasteiger partial charge in [-0.25, -0.2) is 14.6 Å². The molecule has 8 bridgehead atoms. The Kier molecular flexibility index (Phi) is 11.7. The zero-order valence-electron chi connectivity index (χ0n) is 37.7. The van der Waals surface area contributed by atoms with E-state index in [0.29, 0.717) is 0 Å². The molecule has 2 aliphatic heterocycles. The molecule has 4 aromatic heterocycles. The minimum atomic E-state index is 0.230. The Balaban J connectivity index is 1.18. The van der Waals surface area contributed by atoms with Crippen LogP contribution in [0.25, 0.3) is 139 Å². The maximum absolute atomic E-state index is 9.03. The smallest absolute Gasteiger partial charge is 0.113 e. The van der Waals surface area contributed by atoms with Crippen LogP contribution in [0.4, 0.5) is 0 Å². The minimum Gasteiger partial charge on any atom is -0.354 e. The summed E-state index contributed by atoms with van der Waals surface area (Å²) < 4.78 is 1.77. The van der Waals surface area contributed by atoms with Crippen molar-refractivity contribution in [1.29, 1.82) is 0 Å². The lowest BCUT2D eigenvalue weighted by Gasteiger charge is -2.08. The van der Waals surface area contributed by atoms with E-state index in [2.05, 4.69) is 86.8 Å². The van der Waals surface area contributed by atoms with Crippen LogP contribution in [-0.4, -0.2) is 34.9 Å². The fourth-order valence-electron chi connectivity index (χ4n) is 9.00. The fraction of sp³-hybridized carbons (Fsp3) is 0.0545. The van der Waals surface area contributed by atoms with Gasteiger partial charge in [-0.3, -0.25) is 0 Å². The molecule has 0 fully saturated rings. The molecule has 0 saturated carbocycles. The highest BCUT2D eigenvalue weighted by molar-refractivity contribution is 6.00. The average Bonchev–Trinajstić information content (AvgIpc) is 4.30. The van der Waals surface area contributed by atoms with Crippen LogP contribution in [0.5, 0.6) is 0 Å². The highest BCUT2D eigenvalue weighted by Crippen LogP contribution is 2.39. The van der Waals surface area contributed by atoms with Crippen LogP contribution in [0.2, 0.25) is 0 Å². The van der Waals surface area contributed by atoms with Crippen LogP contribution >= 0.6 is 0 Å². The van der Waals surface area contributed by atoms with Gasteiger partial charge in [-0.1, -0.05) is 136 Å². The molecular formula is C55H38N16. The van der Waals surface area contributed by atoms with Crippen LogP contribution < -0.4 is 0 Å². The number of nitrogens with zero attached hydrogens (tertiary/aromatic N) is 14.